The van der Waals surface area contributed by atoms with Gasteiger partial charge in [-0.15, -0.1) is 0 Å². The molecule has 1 rings (SSSR count). The monoisotopic (exact) mass is 230 g/mol. The van der Waals surface area contributed by atoms with Crippen LogP contribution in [0.1, 0.15) is 51.4 Å². The van der Waals surface area contributed by atoms with Crippen LogP contribution in [0.4, 0.5) is 0 Å². The van der Waals surface area contributed by atoms with E-state index in [1.165, 1.54) is 51.4 Å². The lowest BCUT2D eigenvalue weighted by atomic mass is 10.0. The molecule has 0 saturated heterocycles. The van der Waals surface area contributed by atoms with Crippen LogP contribution < -0.4 is 0 Å². The van der Waals surface area contributed by atoms with Gasteiger partial charge in [0.25, 0.3) is 0 Å². The lowest BCUT2D eigenvalue weighted by Gasteiger charge is -2.13. The molecule has 2 unspecified atom stereocenters. The highest BCUT2D eigenvalue weighted by Gasteiger charge is 2.06. The summed E-state index contributed by atoms with van der Waals surface area (Å²) in [6.45, 7) is 0. The first-order valence-corrected chi connectivity index (χ1v) is 6.83. The second-order valence-corrected chi connectivity index (χ2v) is 5.68. The van der Waals surface area contributed by atoms with Crippen molar-refractivity contribution in [2.45, 2.75) is 61.9 Å². The Hall–Kier alpha value is 0.440. The number of allylic oxidation sites excluding steroid dienone is 2. The van der Waals surface area contributed by atoms with Crippen LogP contribution in [0.3, 0.4) is 0 Å². The minimum Gasteiger partial charge on any atom is -0.176 e. The van der Waals surface area contributed by atoms with E-state index >= 15 is 0 Å². The molecule has 0 bridgehead atoms. The van der Waals surface area contributed by atoms with E-state index in [0.29, 0.717) is 10.5 Å². The van der Waals surface area contributed by atoms with Gasteiger partial charge in [-0.2, -0.15) is 25.3 Å². The Morgan fingerprint density at radius 2 is 1.29 bits per heavy atom. The van der Waals surface area contributed by atoms with Gasteiger partial charge in [0.1, 0.15) is 0 Å². The molecule has 0 fully saturated rings. The van der Waals surface area contributed by atoms with Gasteiger partial charge in [0, 0.05) is 10.5 Å². The number of hydrogen-bond donors (Lipinski definition) is 2. The molecule has 1 aliphatic carbocycles. The van der Waals surface area contributed by atoms with Gasteiger partial charge >= 0.3 is 0 Å². The fraction of sp³-hybridized carbons (Fsp3) is 0.833. The summed E-state index contributed by atoms with van der Waals surface area (Å²) in [5, 5.41) is 1.21. The Labute approximate surface area is 99.4 Å². The van der Waals surface area contributed by atoms with E-state index in [-0.39, 0.29) is 0 Å². The number of thiol groups is 2. The van der Waals surface area contributed by atoms with Gasteiger partial charge in [-0.05, 0) is 44.9 Å². The summed E-state index contributed by atoms with van der Waals surface area (Å²) in [7, 11) is 0. The van der Waals surface area contributed by atoms with Crippen LogP contribution in [0, 0.1) is 0 Å². The molecule has 0 aromatic carbocycles. The van der Waals surface area contributed by atoms with Crippen LogP contribution >= 0.6 is 25.3 Å². The zero-order chi connectivity index (χ0) is 10.2. The Bertz CT molecular complexity index is 166. The van der Waals surface area contributed by atoms with Gasteiger partial charge in [-0.25, -0.2) is 0 Å². The minimum absolute atomic E-state index is 0.597. The molecule has 0 aromatic heterocycles. The first kappa shape index (κ1) is 12.5. The SMILES string of the molecule is SC1CC/C=C\CCCC(S)CCC1. The lowest BCUT2D eigenvalue weighted by molar-refractivity contribution is 0.587. The molecular formula is C12H22S2. The third kappa shape index (κ3) is 6.02. The van der Waals surface area contributed by atoms with Crippen LogP contribution in [0.2, 0.25) is 0 Å². The zero-order valence-electron chi connectivity index (χ0n) is 8.86. The maximum atomic E-state index is 4.60. The van der Waals surface area contributed by atoms with Crippen molar-refractivity contribution in [3.05, 3.63) is 12.2 Å². The van der Waals surface area contributed by atoms with E-state index in [4.69, 9.17) is 0 Å². The zero-order valence-corrected chi connectivity index (χ0v) is 10.6. The van der Waals surface area contributed by atoms with Crippen molar-refractivity contribution >= 4 is 25.3 Å². The van der Waals surface area contributed by atoms with Gasteiger partial charge in [-0.1, -0.05) is 18.6 Å². The van der Waals surface area contributed by atoms with E-state index < -0.39 is 0 Å². The molecule has 1 aliphatic rings. The van der Waals surface area contributed by atoms with E-state index in [2.05, 4.69) is 37.4 Å². The molecule has 2 heteroatoms. The fourth-order valence-corrected chi connectivity index (χ4v) is 2.57. The van der Waals surface area contributed by atoms with Crippen molar-refractivity contribution in [3.8, 4) is 0 Å². The Morgan fingerprint density at radius 1 is 0.714 bits per heavy atom. The van der Waals surface area contributed by atoms with Crippen LogP contribution in [-0.4, -0.2) is 10.5 Å². The molecule has 0 radical (unpaired) electrons. The second kappa shape index (κ2) is 7.70. The average molecular weight is 230 g/mol. The van der Waals surface area contributed by atoms with E-state index in [1.54, 1.807) is 0 Å². The molecule has 0 nitrogen and oxygen atoms in total. The Morgan fingerprint density at radius 3 is 2.07 bits per heavy atom. The standard InChI is InChI=1S/C12H22S2/c13-11-7-4-2-1-3-5-8-12(14)10-6-9-11/h1-2,11-14H,3-10H2/b2-1-. The maximum absolute atomic E-state index is 4.60. The Balaban J connectivity index is 2.30. The predicted molar refractivity (Wildman–Crippen MR) is 71.6 cm³/mol. The highest BCUT2D eigenvalue weighted by molar-refractivity contribution is 7.81. The third-order valence-electron chi connectivity index (χ3n) is 2.82. The molecule has 0 N–H and O–H groups in total. The molecule has 14 heavy (non-hydrogen) atoms. The van der Waals surface area contributed by atoms with Crippen LogP contribution in [-0.2, 0) is 0 Å². The third-order valence-corrected chi connectivity index (χ3v) is 3.85. The first-order valence-electron chi connectivity index (χ1n) is 5.80. The summed E-state index contributed by atoms with van der Waals surface area (Å²) in [5.41, 5.74) is 0. The van der Waals surface area contributed by atoms with E-state index in [0.717, 1.165) is 0 Å². The minimum atomic E-state index is 0.597. The summed E-state index contributed by atoms with van der Waals surface area (Å²) < 4.78 is 0. The summed E-state index contributed by atoms with van der Waals surface area (Å²) in [6.07, 6.45) is 14.7. The highest BCUT2D eigenvalue weighted by Crippen LogP contribution is 2.19. The van der Waals surface area contributed by atoms with Gasteiger partial charge in [0.05, 0.1) is 0 Å². The van der Waals surface area contributed by atoms with Gasteiger partial charge in [0.2, 0.25) is 0 Å². The summed E-state index contributed by atoms with van der Waals surface area (Å²) in [6, 6.07) is 0. The first-order chi connectivity index (χ1) is 6.79. The summed E-state index contributed by atoms with van der Waals surface area (Å²) in [5.74, 6) is 0. The topological polar surface area (TPSA) is 0 Å². The molecule has 0 spiro atoms. The largest absolute Gasteiger partial charge is 0.176 e. The fourth-order valence-electron chi connectivity index (χ4n) is 1.87. The van der Waals surface area contributed by atoms with Crippen molar-refractivity contribution in [2.75, 3.05) is 0 Å². The molecular weight excluding hydrogens is 208 g/mol. The van der Waals surface area contributed by atoms with Crippen LogP contribution in [0.5, 0.6) is 0 Å². The van der Waals surface area contributed by atoms with E-state index in [1.807, 2.05) is 0 Å². The predicted octanol–water partition coefficient (Wildman–Crippen LogP) is 4.27. The second-order valence-electron chi connectivity index (χ2n) is 4.22. The summed E-state index contributed by atoms with van der Waals surface area (Å²) >= 11 is 9.20. The van der Waals surface area contributed by atoms with Crippen molar-refractivity contribution in [2.24, 2.45) is 0 Å². The molecule has 0 amide bonds. The van der Waals surface area contributed by atoms with Gasteiger partial charge in [-0.3, -0.25) is 0 Å². The van der Waals surface area contributed by atoms with Crippen molar-refractivity contribution < 1.29 is 0 Å². The molecule has 2 atom stereocenters. The van der Waals surface area contributed by atoms with Gasteiger partial charge < -0.3 is 0 Å². The molecule has 0 aliphatic heterocycles. The quantitative estimate of drug-likeness (QED) is 0.450. The van der Waals surface area contributed by atoms with Crippen molar-refractivity contribution in [3.63, 3.8) is 0 Å². The normalized spacial score (nSPS) is 34.1. The van der Waals surface area contributed by atoms with E-state index in [9.17, 15) is 0 Å². The van der Waals surface area contributed by atoms with Crippen molar-refractivity contribution in [1.82, 2.24) is 0 Å². The molecule has 0 saturated carbocycles. The molecule has 82 valence electrons. The summed E-state index contributed by atoms with van der Waals surface area (Å²) in [4.78, 5) is 0. The Kier molecular flexibility index (Phi) is 6.88. The smallest absolute Gasteiger partial charge is 0.00197 e. The van der Waals surface area contributed by atoms with Crippen molar-refractivity contribution in [1.29, 1.82) is 0 Å². The highest BCUT2D eigenvalue weighted by atomic mass is 32.1. The lowest BCUT2D eigenvalue weighted by Crippen LogP contribution is -2.03. The number of rotatable bonds is 0. The molecule has 0 aromatic rings. The van der Waals surface area contributed by atoms with Crippen LogP contribution in [0.25, 0.3) is 0 Å². The van der Waals surface area contributed by atoms with Gasteiger partial charge in [0.15, 0.2) is 0 Å². The molecule has 0 heterocycles. The number of hydrogen-bond acceptors (Lipinski definition) is 2. The average Bonchev–Trinajstić information content (AvgIpc) is 2.14. The van der Waals surface area contributed by atoms with Crippen LogP contribution in [0.15, 0.2) is 12.2 Å². The maximum Gasteiger partial charge on any atom is 0.00197 e.